The van der Waals surface area contributed by atoms with Crippen LogP contribution in [0.25, 0.3) is 0 Å². The first-order valence-electron chi connectivity index (χ1n) is 5.08. The van der Waals surface area contributed by atoms with Crippen molar-refractivity contribution in [3.05, 3.63) is 0 Å². The molecule has 86 valence electrons. The third kappa shape index (κ3) is 3.75. The van der Waals surface area contributed by atoms with Crippen molar-refractivity contribution in [1.82, 2.24) is 4.31 Å². The van der Waals surface area contributed by atoms with E-state index < -0.39 is 10.0 Å². The van der Waals surface area contributed by atoms with Gasteiger partial charge in [-0.3, -0.25) is 0 Å². The number of hydrogen-bond donors (Lipinski definition) is 0. The number of sulfonamides is 1. The number of halogens is 1. The normalized spacial score (nSPS) is 12.7. The summed E-state index contributed by atoms with van der Waals surface area (Å²) in [6.07, 6.45) is 1.68. The molecule has 0 radical (unpaired) electrons. The Labute approximate surface area is 92.5 Å². The summed E-state index contributed by atoms with van der Waals surface area (Å²) in [5.74, 6) is 0.510. The molecule has 0 aliphatic carbocycles. The van der Waals surface area contributed by atoms with Crippen LogP contribution in [0.5, 0.6) is 0 Å². The molecular formula is C9H20ClNO2S. The van der Waals surface area contributed by atoms with E-state index in [9.17, 15) is 8.42 Å². The number of nitrogens with zero attached hydrogens (tertiary/aromatic N) is 1. The van der Waals surface area contributed by atoms with Gasteiger partial charge in [0.1, 0.15) is 0 Å². The van der Waals surface area contributed by atoms with Gasteiger partial charge in [-0.1, -0.05) is 13.8 Å². The van der Waals surface area contributed by atoms with Crippen LogP contribution in [0, 0.1) is 0 Å². The molecule has 5 heteroatoms. The van der Waals surface area contributed by atoms with Crippen molar-refractivity contribution >= 4 is 21.6 Å². The van der Waals surface area contributed by atoms with Gasteiger partial charge in [-0.2, -0.15) is 4.31 Å². The Hall–Kier alpha value is 0.200. The van der Waals surface area contributed by atoms with Gasteiger partial charge in [0.05, 0.1) is 5.75 Å². The summed E-state index contributed by atoms with van der Waals surface area (Å²) in [4.78, 5) is 0. The Balaban J connectivity index is 4.74. The monoisotopic (exact) mass is 241 g/mol. The lowest BCUT2D eigenvalue weighted by Gasteiger charge is -2.28. The highest BCUT2D eigenvalue weighted by atomic mass is 35.5. The average molecular weight is 242 g/mol. The number of rotatable bonds is 7. The highest BCUT2D eigenvalue weighted by molar-refractivity contribution is 7.89. The molecule has 0 atom stereocenters. The molecule has 0 amide bonds. The molecule has 0 aliphatic heterocycles. The lowest BCUT2D eigenvalue weighted by Crippen LogP contribution is -2.41. The fraction of sp³-hybridized carbons (Fsp3) is 1.00. The van der Waals surface area contributed by atoms with Crippen LogP contribution in [0.1, 0.15) is 33.6 Å². The first-order valence-corrected chi connectivity index (χ1v) is 7.23. The average Bonchev–Trinajstić information content (AvgIpc) is 2.18. The molecule has 0 aliphatic rings. The van der Waals surface area contributed by atoms with Crippen molar-refractivity contribution in [2.24, 2.45) is 0 Å². The van der Waals surface area contributed by atoms with E-state index in [4.69, 9.17) is 11.6 Å². The standard InChI is InChI=1S/C9H20ClNO2S/c1-4-9(5-2)11(8-7-10)14(12,13)6-3/h9H,4-8H2,1-3H3. The minimum absolute atomic E-state index is 0.0960. The van der Waals surface area contributed by atoms with Crippen LogP contribution in [-0.2, 0) is 10.0 Å². The van der Waals surface area contributed by atoms with Gasteiger partial charge < -0.3 is 0 Å². The summed E-state index contributed by atoms with van der Waals surface area (Å²) < 4.78 is 25.0. The minimum atomic E-state index is -3.10. The Bertz CT molecular complexity index is 237. The lowest BCUT2D eigenvalue weighted by atomic mass is 10.2. The maximum atomic E-state index is 11.7. The predicted octanol–water partition coefficient (Wildman–Crippen LogP) is 2.07. The van der Waals surface area contributed by atoms with Crippen LogP contribution in [0.4, 0.5) is 0 Å². The van der Waals surface area contributed by atoms with E-state index in [1.165, 1.54) is 0 Å². The van der Waals surface area contributed by atoms with E-state index in [0.717, 1.165) is 12.8 Å². The molecule has 0 rings (SSSR count). The van der Waals surface area contributed by atoms with E-state index in [-0.39, 0.29) is 11.8 Å². The van der Waals surface area contributed by atoms with Crippen LogP contribution < -0.4 is 0 Å². The third-order valence-corrected chi connectivity index (χ3v) is 4.47. The highest BCUT2D eigenvalue weighted by Gasteiger charge is 2.25. The van der Waals surface area contributed by atoms with E-state index >= 15 is 0 Å². The summed E-state index contributed by atoms with van der Waals surface area (Å²) in [5, 5.41) is 0. The van der Waals surface area contributed by atoms with E-state index in [2.05, 4.69) is 0 Å². The Kier molecular flexibility index (Phi) is 6.74. The maximum Gasteiger partial charge on any atom is 0.214 e. The molecule has 0 aromatic rings. The zero-order valence-electron chi connectivity index (χ0n) is 9.16. The van der Waals surface area contributed by atoms with Gasteiger partial charge >= 0.3 is 0 Å². The first-order chi connectivity index (χ1) is 6.53. The third-order valence-electron chi connectivity index (χ3n) is 2.38. The van der Waals surface area contributed by atoms with Crippen LogP contribution >= 0.6 is 11.6 Å². The molecule has 0 spiro atoms. The highest BCUT2D eigenvalue weighted by Crippen LogP contribution is 2.14. The second-order valence-electron chi connectivity index (χ2n) is 3.17. The minimum Gasteiger partial charge on any atom is -0.212 e. The van der Waals surface area contributed by atoms with E-state index in [0.29, 0.717) is 12.4 Å². The van der Waals surface area contributed by atoms with Gasteiger partial charge in [0.15, 0.2) is 0 Å². The van der Waals surface area contributed by atoms with Crippen molar-refractivity contribution in [3.63, 3.8) is 0 Å². The van der Waals surface area contributed by atoms with Crippen molar-refractivity contribution < 1.29 is 8.42 Å². The van der Waals surface area contributed by atoms with Gasteiger partial charge in [0, 0.05) is 18.5 Å². The van der Waals surface area contributed by atoms with E-state index in [1.54, 1.807) is 11.2 Å². The first kappa shape index (κ1) is 14.2. The molecule has 0 aromatic heterocycles. The summed E-state index contributed by atoms with van der Waals surface area (Å²) >= 11 is 5.61. The van der Waals surface area contributed by atoms with Crippen LogP contribution in [0.15, 0.2) is 0 Å². The van der Waals surface area contributed by atoms with Crippen LogP contribution in [-0.4, -0.2) is 36.9 Å². The molecule has 0 aromatic carbocycles. The largest absolute Gasteiger partial charge is 0.214 e. The summed E-state index contributed by atoms with van der Waals surface area (Å²) in [6.45, 7) is 6.09. The molecule has 14 heavy (non-hydrogen) atoms. The molecule has 0 bridgehead atoms. The molecule has 0 heterocycles. The Morgan fingerprint density at radius 1 is 1.21 bits per heavy atom. The number of hydrogen-bond acceptors (Lipinski definition) is 2. The maximum absolute atomic E-state index is 11.7. The zero-order valence-corrected chi connectivity index (χ0v) is 10.7. The van der Waals surface area contributed by atoms with Crippen molar-refractivity contribution in [3.8, 4) is 0 Å². The van der Waals surface area contributed by atoms with Crippen molar-refractivity contribution in [2.75, 3.05) is 18.2 Å². The summed E-state index contributed by atoms with van der Waals surface area (Å²) in [7, 11) is -3.10. The van der Waals surface area contributed by atoms with Gasteiger partial charge in [-0.15, -0.1) is 11.6 Å². The molecular weight excluding hydrogens is 222 g/mol. The fourth-order valence-corrected chi connectivity index (χ4v) is 3.23. The second-order valence-corrected chi connectivity index (χ2v) is 5.76. The Morgan fingerprint density at radius 2 is 1.71 bits per heavy atom. The lowest BCUT2D eigenvalue weighted by molar-refractivity contribution is 0.317. The topological polar surface area (TPSA) is 37.4 Å². The van der Waals surface area contributed by atoms with Gasteiger partial charge in [0.2, 0.25) is 10.0 Å². The van der Waals surface area contributed by atoms with Gasteiger partial charge in [-0.25, -0.2) is 8.42 Å². The fourth-order valence-electron chi connectivity index (χ4n) is 1.49. The molecule has 0 fully saturated rings. The van der Waals surface area contributed by atoms with Crippen molar-refractivity contribution in [2.45, 2.75) is 39.7 Å². The second kappa shape index (κ2) is 6.64. The molecule has 0 saturated heterocycles. The quantitative estimate of drug-likeness (QED) is 0.640. The smallest absolute Gasteiger partial charge is 0.212 e. The summed E-state index contributed by atoms with van der Waals surface area (Å²) in [6, 6.07) is 0.0960. The van der Waals surface area contributed by atoms with Crippen LogP contribution in [0.3, 0.4) is 0 Å². The Morgan fingerprint density at radius 3 is 2.00 bits per heavy atom. The molecule has 0 N–H and O–H groups in total. The van der Waals surface area contributed by atoms with Crippen molar-refractivity contribution in [1.29, 1.82) is 0 Å². The zero-order chi connectivity index (χ0) is 11.2. The molecule has 0 unspecified atom stereocenters. The molecule has 3 nitrogen and oxygen atoms in total. The summed E-state index contributed by atoms with van der Waals surface area (Å²) in [5.41, 5.74) is 0. The van der Waals surface area contributed by atoms with Gasteiger partial charge in [0.25, 0.3) is 0 Å². The van der Waals surface area contributed by atoms with E-state index in [1.807, 2.05) is 13.8 Å². The van der Waals surface area contributed by atoms with Crippen LogP contribution in [0.2, 0.25) is 0 Å². The predicted molar refractivity (Wildman–Crippen MR) is 61.3 cm³/mol. The van der Waals surface area contributed by atoms with Gasteiger partial charge in [-0.05, 0) is 19.8 Å². The molecule has 0 saturated carbocycles. The SMILES string of the molecule is CCC(CC)N(CCCl)S(=O)(=O)CC. The number of alkyl halides is 1.